The summed E-state index contributed by atoms with van der Waals surface area (Å²) in [6.45, 7) is 5.92. The fourth-order valence-corrected chi connectivity index (χ4v) is 2.77. The molecule has 2 aromatic rings. The van der Waals surface area contributed by atoms with Crippen LogP contribution in [0.3, 0.4) is 0 Å². The van der Waals surface area contributed by atoms with Gasteiger partial charge in [0.1, 0.15) is 10.8 Å². The maximum Gasteiger partial charge on any atom is 0.208 e. The highest BCUT2D eigenvalue weighted by atomic mass is 32.1. The van der Waals surface area contributed by atoms with Crippen LogP contribution in [0.5, 0.6) is 0 Å². The molecule has 3 N–H and O–H groups in total. The first-order valence-electron chi connectivity index (χ1n) is 6.32. The second-order valence-electron chi connectivity index (χ2n) is 4.19. The van der Waals surface area contributed by atoms with Crippen molar-refractivity contribution in [1.29, 1.82) is 0 Å². The van der Waals surface area contributed by atoms with Gasteiger partial charge in [-0.2, -0.15) is 9.47 Å². The molecular weight excluding hydrogens is 292 g/mol. The van der Waals surface area contributed by atoms with Crippen molar-refractivity contribution in [3.05, 3.63) is 22.6 Å². The van der Waals surface area contributed by atoms with Gasteiger partial charge in [0.15, 0.2) is 5.82 Å². The summed E-state index contributed by atoms with van der Waals surface area (Å²) in [5.74, 6) is 1.26. The van der Waals surface area contributed by atoms with Gasteiger partial charge < -0.3 is 11.1 Å². The SMILES string of the molecule is CCc1nnc(Nc2nc(C)ns2)c(C(N)=S)c1CC. The van der Waals surface area contributed by atoms with Gasteiger partial charge in [-0.05, 0) is 25.3 Å². The van der Waals surface area contributed by atoms with Crippen LogP contribution in [-0.4, -0.2) is 24.5 Å². The Morgan fingerprint density at radius 3 is 2.55 bits per heavy atom. The Kier molecular flexibility index (Phi) is 4.56. The molecule has 0 atom stereocenters. The normalized spacial score (nSPS) is 10.6. The van der Waals surface area contributed by atoms with Crippen LogP contribution in [0.15, 0.2) is 0 Å². The largest absolute Gasteiger partial charge is 0.389 e. The first kappa shape index (κ1) is 14.7. The Hall–Kier alpha value is -1.67. The van der Waals surface area contributed by atoms with Crippen LogP contribution >= 0.6 is 23.8 Å². The third-order valence-corrected chi connectivity index (χ3v) is 3.77. The molecule has 0 fully saturated rings. The van der Waals surface area contributed by atoms with Crippen LogP contribution in [0.1, 0.15) is 36.5 Å². The molecule has 0 saturated heterocycles. The lowest BCUT2D eigenvalue weighted by molar-refractivity contribution is 0.879. The topological polar surface area (TPSA) is 89.6 Å². The second-order valence-corrected chi connectivity index (χ2v) is 5.38. The first-order valence-corrected chi connectivity index (χ1v) is 7.50. The van der Waals surface area contributed by atoms with Gasteiger partial charge in [-0.25, -0.2) is 4.98 Å². The van der Waals surface area contributed by atoms with E-state index in [1.807, 2.05) is 13.8 Å². The minimum Gasteiger partial charge on any atom is -0.389 e. The summed E-state index contributed by atoms with van der Waals surface area (Å²) < 4.78 is 4.12. The molecule has 106 valence electrons. The number of nitrogens with two attached hydrogens (primary N) is 1. The minimum atomic E-state index is 0.315. The molecule has 0 spiro atoms. The zero-order valence-corrected chi connectivity index (χ0v) is 13.2. The number of hydrogen-bond acceptors (Lipinski definition) is 7. The molecule has 0 amide bonds. The lowest BCUT2D eigenvalue weighted by Gasteiger charge is -2.14. The standard InChI is InChI=1S/C12H16N6S2/c1-4-7-8(5-2)16-17-11(9(7)10(13)19)15-12-14-6(3)18-20-12/h4-5H2,1-3H3,(H2,13,19)(H,14,15,17,18). The predicted molar refractivity (Wildman–Crippen MR) is 84.6 cm³/mol. The van der Waals surface area contributed by atoms with E-state index in [1.54, 1.807) is 0 Å². The maximum absolute atomic E-state index is 5.86. The molecule has 8 heteroatoms. The number of aryl methyl sites for hydroxylation is 2. The van der Waals surface area contributed by atoms with Gasteiger partial charge in [0, 0.05) is 11.5 Å². The molecule has 6 nitrogen and oxygen atoms in total. The maximum atomic E-state index is 5.86. The molecule has 0 aliphatic heterocycles. The first-order chi connectivity index (χ1) is 9.56. The molecule has 0 radical (unpaired) electrons. The van der Waals surface area contributed by atoms with E-state index in [0.29, 0.717) is 21.8 Å². The molecule has 0 aromatic carbocycles. The number of anilines is 2. The van der Waals surface area contributed by atoms with Crippen LogP contribution in [0.4, 0.5) is 10.9 Å². The summed E-state index contributed by atoms with van der Waals surface area (Å²) in [5.41, 5.74) is 8.58. The van der Waals surface area contributed by atoms with Crippen molar-refractivity contribution < 1.29 is 0 Å². The molecule has 2 aromatic heterocycles. The molecule has 2 heterocycles. The summed E-state index contributed by atoms with van der Waals surface area (Å²) in [6.07, 6.45) is 1.60. The lowest BCUT2D eigenvalue weighted by Crippen LogP contribution is -2.18. The zero-order valence-electron chi connectivity index (χ0n) is 11.6. The summed E-state index contributed by atoms with van der Waals surface area (Å²) in [4.78, 5) is 4.56. The Morgan fingerprint density at radius 2 is 2.05 bits per heavy atom. The van der Waals surface area contributed by atoms with Crippen LogP contribution in [-0.2, 0) is 12.8 Å². The van der Waals surface area contributed by atoms with Crippen molar-refractivity contribution in [2.24, 2.45) is 5.73 Å². The van der Waals surface area contributed by atoms with E-state index in [9.17, 15) is 0 Å². The zero-order chi connectivity index (χ0) is 14.7. The van der Waals surface area contributed by atoms with E-state index in [-0.39, 0.29) is 0 Å². The highest BCUT2D eigenvalue weighted by molar-refractivity contribution is 7.80. The molecule has 0 saturated carbocycles. The third kappa shape index (κ3) is 2.91. The van der Waals surface area contributed by atoms with Gasteiger partial charge in [-0.3, -0.25) is 0 Å². The Morgan fingerprint density at radius 1 is 1.30 bits per heavy atom. The molecule has 0 unspecified atom stereocenters. The quantitative estimate of drug-likeness (QED) is 0.818. The van der Waals surface area contributed by atoms with E-state index in [1.165, 1.54) is 11.5 Å². The molecule has 2 rings (SSSR count). The summed E-state index contributed by atoms with van der Waals surface area (Å²) in [5, 5.41) is 12.2. The average molecular weight is 308 g/mol. The van der Waals surface area contributed by atoms with Crippen LogP contribution < -0.4 is 11.1 Å². The highest BCUT2D eigenvalue weighted by Gasteiger charge is 2.17. The monoisotopic (exact) mass is 308 g/mol. The third-order valence-electron chi connectivity index (χ3n) is 2.85. The number of thiocarbonyl (C=S) groups is 1. The summed E-state index contributed by atoms with van der Waals surface area (Å²) >= 11 is 6.43. The van der Waals surface area contributed by atoms with Crippen LogP contribution in [0, 0.1) is 6.92 Å². The fourth-order valence-electron chi connectivity index (χ4n) is 1.97. The molecule has 0 aliphatic rings. The van der Waals surface area contributed by atoms with Crippen LogP contribution in [0.2, 0.25) is 0 Å². The van der Waals surface area contributed by atoms with Gasteiger partial charge >= 0.3 is 0 Å². The molecule has 0 aliphatic carbocycles. The number of hydrogen-bond donors (Lipinski definition) is 2. The lowest BCUT2D eigenvalue weighted by atomic mass is 10.0. The van der Waals surface area contributed by atoms with Crippen LogP contribution in [0.25, 0.3) is 0 Å². The van der Waals surface area contributed by atoms with Gasteiger partial charge in [0.2, 0.25) is 5.13 Å². The minimum absolute atomic E-state index is 0.315. The van der Waals surface area contributed by atoms with Crippen molar-refractivity contribution in [3.63, 3.8) is 0 Å². The van der Waals surface area contributed by atoms with Crippen molar-refractivity contribution in [2.45, 2.75) is 33.6 Å². The average Bonchev–Trinajstić information content (AvgIpc) is 2.83. The van der Waals surface area contributed by atoms with Crippen molar-refractivity contribution in [1.82, 2.24) is 19.6 Å². The fraction of sp³-hybridized carbons (Fsp3) is 0.417. The van der Waals surface area contributed by atoms with Crippen molar-refractivity contribution >= 4 is 39.7 Å². The summed E-state index contributed by atoms with van der Waals surface area (Å²) in [7, 11) is 0. The van der Waals surface area contributed by atoms with E-state index in [4.69, 9.17) is 18.0 Å². The predicted octanol–water partition coefficient (Wildman–Crippen LogP) is 2.14. The Bertz CT molecular complexity index is 637. The second kappa shape index (κ2) is 6.19. The summed E-state index contributed by atoms with van der Waals surface area (Å²) in [6, 6.07) is 0. The van der Waals surface area contributed by atoms with E-state index in [2.05, 4.69) is 31.8 Å². The van der Waals surface area contributed by atoms with E-state index < -0.39 is 0 Å². The van der Waals surface area contributed by atoms with E-state index in [0.717, 1.165) is 29.7 Å². The van der Waals surface area contributed by atoms with Gasteiger partial charge in [0.05, 0.1) is 11.3 Å². The number of nitrogens with zero attached hydrogens (tertiary/aromatic N) is 4. The number of rotatable bonds is 5. The Balaban J connectivity index is 2.49. The van der Waals surface area contributed by atoms with E-state index >= 15 is 0 Å². The van der Waals surface area contributed by atoms with Gasteiger partial charge in [0.25, 0.3) is 0 Å². The van der Waals surface area contributed by atoms with Gasteiger partial charge in [-0.15, -0.1) is 5.10 Å². The van der Waals surface area contributed by atoms with Crippen molar-refractivity contribution in [2.75, 3.05) is 5.32 Å². The van der Waals surface area contributed by atoms with Gasteiger partial charge in [-0.1, -0.05) is 26.1 Å². The molecule has 0 bridgehead atoms. The number of aromatic nitrogens is 4. The molecular formula is C12H16N6S2. The Labute approximate surface area is 127 Å². The smallest absolute Gasteiger partial charge is 0.208 e. The highest BCUT2D eigenvalue weighted by Crippen LogP contribution is 2.24. The van der Waals surface area contributed by atoms with Crippen molar-refractivity contribution in [3.8, 4) is 0 Å². The molecule has 20 heavy (non-hydrogen) atoms. The number of nitrogens with one attached hydrogen (secondary N) is 1.